The van der Waals surface area contributed by atoms with E-state index in [9.17, 15) is 0 Å². The molecule has 0 amide bonds. The van der Waals surface area contributed by atoms with Crippen LogP contribution in [0.2, 0.25) is 0 Å². The highest BCUT2D eigenvalue weighted by Crippen LogP contribution is 2.61. The maximum Gasteiger partial charge on any atom is 0.0536 e. The lowest BCUT2D eigenvalue weighted by atomic mass is 9.96. The number of hydrogen-bond donors (Lipinski definition) is 0. The Kier molecular flexibility index (Phi) is 35.6. The summed E-state index contributed by atoms with van der Waals surface area (Å²) in [5, 5.41) is 5.29. The quantitative estimate of drug-likeness (QED) is 0.0333. The highest BCUT2D eigenvalue weighted by molar-refractivity contribution is 7.30. The Morgan fingerprint density at radius 3 is 0.559 bits per heavy atom. The lowest BCUT2D eigenvalue weighted by Gasteiger charge is -2.09. The van der Waals surface area contributed by atoms with Gasteiger partial charge >= 0.3 is 0 Å². The zero-order valence-corrected chi connectivity index (χ0v) is 83.1. The molecular formula is C104H126S14. The number of rotatable bonds is 53. The molecule has 0 aliphatic carbocycles. The highest BCUT2D eigenvalue weighted by Gasteiger charge is 2.32. The molecule has 14 aromatic rings. The van der Waals surface area contributed by atoms with Crippen molar-refractivity contribution in [3.8, 4) is 132 Å². The third kappa shape index (κ3) is 23.5. The van der Waals surface area contributed by atoms with Gasteiger partial charge in [-0.25, -0.2) is 0 Å². The molecule has 14 heteroatoms. The fourth-order valence-electron chi connectivity index (χ4n) is 16.4. The van der Waals surface area contributed by atoms with E-state index in [1.54, 1.807) is 0 Å². The summed E-state index contributed by atoms with van der Waals surface area (Å²) in [4.78, 5) is 37.5. The summed E-state index contributed by atoms with van der Waals surface area (Å²) in [6, 6.07) is 50.5. The molecule has 0 aliphatic heterocycles. The number of hydrogen-bond acceptors (Lipinski definition) is 14. The number of thiophene rings is 14. The standard InChI is InChI=1S/C104H126S14/c1-9-17-25-33-41-71-49-57-85(107-71)79-65-93(115-99(79)89-61-53-75(111-89)45-37-29-21-13-5)97-83(69-105-103(97)95-67-81(87-59-51-73(109-87)43-35-27-19-11-3)101(117-95)91-63-55-77(113-91)47-39-31-23-15-7)84-70-106-104(96-68-82(88-60-52-74(110-88)44-36-28-20-12-4)102(118-96)92-64-56-78(114-92)48-40-32-24-16-8)98(84)94-66-80(86-58-50-72(108-86)42-34-26-18-10-2)100(116-94)90-62-54-76(112-90)46-38-30-22-14-6/h49-70H,9-48H2,1-8H3. The van der Waals surface area contributed by atoms with Gasteiger partial charge in [0.05, 0.1) is 29.3 Å². The van der Waals surface area contributed by atoms with Crippen molar-refractivity contribution in [2.45, 2.75) is 312 Å². The Bertz CT molecular complexity index is 4700. The monoisotopic (exact) mass is 1820 g/mol. The van der Waals surface area contributed by atoms with Gasteiger partial charge < -0.3 is 0 Å². The van der Waals surface area contributed by atoms with Gasteiger partial charge in [0.25, 0.3) is 0 Å². The van der Waals surface area contributed by atoms with Gasteiger partial charge in [0.1, 0.15) is 0 Å². The van der Waals surface area contributed by atoms with Crippen LogP contribution in [0.25, 0.3) is 132 Å². The van der Waals surface area contributed by atoms with Gasteiger partial charge in [-0.3, -0.25) is 0 Å². The largest absolute Gasteiger partial charge is 0.142 e. The summed E-state index contributed by atoms with van der Waals surface area (Å²) >= 11 is 28.8. The molecule has 0 saturated carbocycles. The lowest BCUT2D eigenvalue weighted by Crippen LogP contribution is -1.82. The fourth-order valence-corrected chi connectivity index (χ4v) is 33.0. The van der Waals surface area contributed by atoms with E-state index in [1.807, 2.05) is 22.7 Å². The van der Waals surface area contributed by atoms with Gasteiger partial charge in [-0.2, -0.15) is 0 Å². The van der Waals surface area contributed by atoms with E-state index in [4.69, 9.17) is 0 Å². The Labute approximate surface area is 766 Å². The van der Waals surface area contributed by atoms with Crippen LogP contribution < -0.4 is 0 Å². The average molecular weight is 1830 g/mol. The summed E-state index contributed by atoms with van der Waals surface area (Å²) in [6.45, 7) is 18.7. The second-order valence-corrected chi connectivity index (χ2v) is 48.0. The smallest absolute Gasteiger partial charge is 0.0536 e. The molecular weight excluding hydrogens is 1700 g/mol. The number of unbranched alkanes of at least 4 members (excludes halogenated alkanes) is 24. The van der Waals surface area contributed by atoms with Crippen LogP contribution in [-0.4, -0.2) is 0 Å². The molecule has 0 spiro atoms. The van der Waals surface area contributed by atoms with E-state index in [0.29, 0.717) is 0 Å². The van der Waals surface area contributed by atoms with Gasteiger partial charge in [-0.1, -0.05) is 209 Å². The Hall–Kier alpha value is -4.20. The summed E-state index contributed by atoms with van der Waals surface area (Å²) in [7, 11) is 0. The zero-order valence-electron chi connectivity index (χ0n) is 71.7. The Morgan fingerprint density at radius 2 is 0.347 bits per heavy atom. The Morgan fingerprint density at radius 1 is 0.161 bits per heavy atom. The normalized spacial score (nSPS) is 11.9. The number of aryl methyl sites for hydroxylation is 8. The second-order valence-electron chi connectivity index (χ2n) is 32.7. The van der Waals surface area contributed by atoms with Crippen LogP contribution in [0, 0.1) is 0 Å². The van der Waals surface area contributed by atoms with Gasteiger partial charge in [-0.05, 0) is 235 Å². The van der Waals surface area contributed by atoms with Crippen molar-refractivity contribution >= 4 is 159 Å². The molecule has 0 atom stereocenters. The SMILES string of the molecule is CCCCCCc1ccc(-c2cc(-c3scc(-c4csc(-c5cc(-c6ccc(CCCCCC)s6)c(-c6ccc(CCCCCC)s6)s5)c4-c4cc(-c5ccc(CCCCCC)s5)c(-c5ccc(CCCCCC)s5)s4)c3-c3cc(-c4ccc(CCCCCC)s4)c(-c4ccc(CCCCCC)s4)s3)sc2-c2ccc(CCCCCC)s2)s1. The maximum atomic E-state index is 2.70. The van der Waals surface area contributed by atoms with Gasteiger partial charge in [0.15, 0.2) is 0 Å². The van der Waals surface area contributed by atoms with Gasteiger partial charge in [0.2, 0.25) is 0 Å². The minimum absolute atomic E-state index is 1.15. The molecule has 0 bridgehead atoms. The summed E-state index contributed by atoms with van der Waals surface area (Å²) in [5.41, 5.74) is 11.2. The molecule has 626 valence electrons. The van der Waals surface area contributed by atoms with Crippen LogP contribution in [0.4, 0.5) is 0 Å². The van der Waals surface area contributed by atoms with Crippen molar-refractivity contribution in [2.75, 3.05) is 0 Å². The molecule has 14 heterocycles. The van der Waals surface area contributed by atoms with E-state index in [0.717, 1.165) is 51.4 Å². The van der Waals surface area contributed by atoms with Crippen molar-refractivity contribution in [1.82, 2.24) is 0 Å². The third-order valence-corrected chi connectivity index (χ3v) is 40.1. The molecule has 0 aliphatic rings. The van der Waals surface area contributed by atoms with Crippen LogP contribution in [-0.2, 0) is 51.4 Å². The van der Waals surface area contributed by atoms with Crippen LogP contribution in [0.15, 0.2) is 132 Å². The van der Waals surface area contributed by atoms with Crippen molar-refractivity contribution in [3.05, 3.63) is 171 Å². The van der Waals surface area contributed by atoms with Crippen molar-refractivity contribution in [3.63, 3.8) is 0 Å². The summed E-state index contributed by atoms with van der Waals surface area (Å²) < 4.78 is 0. The van der Waals surface area contributed by atoms with E-state index >= 15 is 0 Å². The van der Waals surface area contributed by atoms with Crippen molar-refractivity contribution < 1.29 is 0 Å². The van der Waals surface area contributed by atoms with Crippen LogP contribution in [0.3, 0.4) is 0 Å². The second kappa shape index (κ2) is 46.7. The van der Waals surface area contributed by atoms with Crippen molar-refractivity contribution in [2.24, 2.45) is 0 Å². The van der Waals surface area contributed by atoms with Crippen molar-refractivity contribution in [1.29, 1.82) is 0 Å². The highest BCUT2D eigenvalue weighted by atomic mass is 32.2. The molecule has 0 radical (unpaired) electrons. The average Bonchev–Trinajstić information content (AvgIpc) is 1.58. The minimum atomic E-state index is 1.15. The first-order valence-corrected chi connectivity index (χ1v) is 57.2. The predicted molar refractivity (Wildman–Crippen MR) is 550 cm³/mol. The molecule has 0 nitrogen and oxygen atoms in total. The molecule has 14 aromatic heterocycles. The maximum absolute atomic E-state index is 2.70. The van der Waals surface area contributed by atoms with E-state index < -0.39 is 0 Å². The molecule has 0 fully saturated rings. The van der Waals surface area contributed by atoms with E-state index in [2.05, 4.69) is 324 Å². The molecule has 0 N–H and O–H groups in total. The first-order valence-electron chi connectivity index (χ1n) is 45.7. The van der Waals surface area contributed by atoms with E-state index in [1.165, 1.54) is 377 Å². The lowest BCUT2D eigenvalue weighted by molar-refractivity contribution is 0.670. The Balaban J connectivity index is 1.01. The molecule has 0 aromatic carbocycles. The molecule has 14 rings (SSSR count). The predicted octanol–water partition coefficient (Wildman–Crippen LogP) is 41.2. The first kappa shape index (κ1) is 90.1. The first-order chi connectivity index (χ1) is 58.2. The van der Waals surface area contributed by atoms with Crippen LogP contribution >= 0.6 is 159 Å². The minimum Gasteiger partial charge on any atom is -0.142 e. The fraction of sp³-hybridized carbons (Fsp3) is 0.462. The van der Waals surface area contributed by atoms with Gasteiger partial charge in [0, 0.05) is 142 Å². The molecule has 0 saturated heterocycles. The molecule has 118 heavy (non-hydrogen) atoms. The summed E-state index contributed by atoms with van der Waals surface area (Å²) in [5.74, 6) is 0. The van der Waals surface area contributed by atoms with Crippen LogP contribution in [0.1, 0.15) is 300 Å². The topological polar surface area (TPSA) is 0 Å². The van der Waals surface area contributed by atoms with Crippen LogP contribution in [0.5, 0.6) is 0 Å². The van der Waals surface area contributed by atoms with E-state index in [-0.39, 0.29) is 0 Å². The molecule has 0 unspecified atom stereocenters. The zero-order chi connectivity index (χ0) is 81.4. The third-order valence-electron chi connectivity index (χ3n) is 23.2. The summed E-state index contributed by atoms with van der Waals surface area (Å²) in [6.07, 6.45) is 50.2. The van der Waals surface area contributed by atoms with Gasteiger partial charge in [-0.15, -0.1) is 159 Å².